The minimum atomic E-state index is -3.44. The molecule has 1 aromatic carbocycles. The second kappa shape index (κ2) is 11.5. The van der Waals surface area contributed by atoms with Crippen molar-refractivity contribution in [3.8, 4) is 28.3 Å². The van der Waals surface area contributed by atoms with E-state index in [1.165, 1.54) is 0 Å². The fourth-order valence-electron chi connectivity index (χ4n) is 4.20. The van der Waals surface area contributed by atoms with Crippen LogP contribution in [0.2, 0.25) is 5.02 Å². The molecule has 9 nitrogen and oxygen atoms in total. The molecular weight excluding hydrogens is 512 g/mol. The number of imidazole rings is 1. The first-order chi connectivity index (χ1) is 17.6. The second-order valence-electron chi connectivity index (χ2n) is 10.1. The van der Waals surface area contributed by atoms with E-state index in [0.29, 0.717) is 23.1 Å². The van der Waals surface area contributed by atoms with Gasteiger partial charge in [0.15, 0.2) is 0 Å². The maximum absolute atomic E-state index is 12.8. The summed E-state index contributed by atoms with van der Waals surface area (Å²) in [7, 11) is 0.214. The number of piperazine rings is 1. The summed E-state index contributed by atoms with van der Waals surface area (Å²) in [5.41, 5.74) is 2.69. The van der Waals surface area contributed by atoms with Gasteiger partial charge in [-0.3, -0.25) is 9.88 Å². The van der Waals surface area contributed by atoms with E-state index in [9.17, 15) is 8.42 Å². The van der Waals surface area contributed by atoms with Crippen LogP contribution in [-0.2, 0) is 15.4 Å². The van der Waals surface area contributed by atoms with Gasteiger partial charge in [-0.1, -0.05) is 31.5 Å². The number of likely N-dealkylation sites (N-methyl/N-ethyl adjacent to an activating group) is 1. The number of hydrogen-bond donors (Lipinski definition) is 2. The average molecular weight is 547 g/mol. The van der Waals surface area contributed by atoms with Crippen molar-refractivity contribution >= 4 is 21.6 Å². The SMILES string of the molecule is COc1cc(-c2nc(C(C)(C)CNS(=O)(=O)CCN3CCN(C)CC3)[nH]c2-c2ccncc2)ccc1Cl. The Bertz CT molecular complexity index is 1310. The number of nitrogens with one attached hydrogen (secondary N) is 2. The molecule has 1 aliphatic rings. The van der Waals surface area contributed by atoms with E-state index in [1.807, 2.05) is 38.1 Å². The van der Waals surface area contributed by atoms with E-state index in [-0.39, 0.29) is 12.3 Å². The van der Waals surface area contributed by atoms with Crippen LogP contribution in [0, 0.1) is 0 Å². The van der Waals surface area contributed by atoms with Gasteiger partial charge in [0.05, 0.1) is 29.3 Å². The molecule has 3 heterocycles. The molecule has 3 aromatic rings. The first-order valence-electron chi connectivity index (χ1n) is 12.3. The highest BCUT2D eigenvalue weighted by Crippen LogP contribution is 2.36. The molecule has 200 valence electrons. The summed E-state index contributed by atoms with van der Waals surface area (Å²) >= 11 is 6.25. The molecule has 0 radical (unpaired) electrons. The zero-order valence-corrected chi connectivity index (χ0v) is 23.4. The maximum Gasteiger partial charge on any atom is 0.212 e. The van der Waals surface area contributed by atoms with Crippen molar-refractivity contribution in [2.24, 2.45) is 0 Å². The molecule has 0 spiro atoms. The van der Waals surface area contributed by atoms with Crippen LogP contribution in [0.4, 0.5) is 0 Å². The summed E-state index contributed by atoms with van der Waals surface area (Å²) < 4.78 is 33.9. The lowest BCUT2D eigenvalue weighted by atomic mass is 9.93. The van der Waals surface area contributed by atoms with Crippen LogP contribution in [0.25, 0.3) is 22.5 Å². The highest BCUT2D eigenvalue weighted by Gasteiger charge is 2.29. The molecule has 4 rings (SSSR count). The van der Waals surface area contributed by atoms with Crippen LogP contribution in [0.5, 0.6) is 5.75 Å². The van der Waals surface area contributed by atoms with Crippen molar-refractivity contribution in [1.29, 1.82) is 0 Å². The minimum Gasteiger partial charge on any atom is -0.495 e. The third kappa shape index (κ3) is 6.88. The summed E-state index contributed by atoms with van der Waals surface area (Å²) in [4.78, 5) is 17.0. The molecule has 0 saturated carbocycles. The Morgan fingerprint density at radius 3 is 2.49 bits per heavy atom. The van der Waals surface area contributed by atoms with Crippen molar-refractivity contribution in [3.63, 3.8) is 0 Å². The number of hydrogen-bond acceptors (Lipinski definition) is 7. The monoisotopic (exact) mass is 546 g/mol. The van der Waals surface area contributed by atoms with E-state index >= 15 is 0 Å². The van der Waals surface area contributed by atoms with Crippen LogP contribution in [-0.4, -0.2) is 92.3 Å². The predicted molar refractivity (Wildman–Crippen MR) is 148 cm³/mol. The second-order valence-corrected chi connectivity index (χ2v) is 12.4. The van der Waals surface area contributed by atoms with Gasteiger partial charge >= 0.3 is 0 Å². The van der Waals surface area contributed by atoms with Crippen molar-refractivity contribution in [2.45, 2.75) is 19.3 Å². The quantitative estimate of drug-likeness (QED) is 0.402. The van der Waals surface area contributed by atoms with Crippen molar-refractivity contribution < 1.29 is 13.2 Å². The van der Waals surface area contributed by atoms with Gasteiger partial charge in [-0.2, -0.15) is 0 Å². The number of ether oxygens (including phenoxy) is 1. The highest BCUT2D eigenvalue weighted by atomic mass is 35.5. The van der Waals surface area contributed by atoms with Crippen molar-refractivity contribution in [3.05, 3.63) is 53.6 Å². The van der Waals surface area contributed by atoms with Gasteiger partial charge in [-0.25, -0.2) is 18.1 Å². The summed E-state index contributed by atoms with van der Waals surface area (Å²) in [6.45, 7) is 8.37. The summed E-state index contributed by atoms with van der Waals surface area (Å²) in [6, 6.07) is 9.33. The zero-order valence-electron chi connectivity index (χ0n) is 21.8. The first kappa shape index (κ1) is 27.5. The zero-order chi connectivity index (χ0) is 26.6. The topological polar surface area (TPSA) is 103 Å². The third-order valence-electron chi connectivity index (χ3n) is 6.74. The van der Waals surface area contributed by atoms with E-state index in [1.54, 1.807) is 25.6 Å². The van der Waals surface area contributed by atoms with Crippen LogP contribution < -0.4 is 9.46 Å². The summed E-state index contributed by atoms with van der Waals surface area (Å²) in [5, 5.41) is 0.513. The number of pyridine rings is 1. The summed E-state index contributed by atoms with van der Waals surface area (Å²) in [5.74, 6) is 1.30. The molecule has 1 fully saturated rings. The van der Waals surface area contributed by atoms with Crippen LogP contribution in [0.15, 0.2) is 42.7 Å². The molecule has 0 unspecified atom stereocenters. The maximum atomic E-state index is 12.8. The van der Waals surface area contributed by atoms with Gasteiger partial charge in [0, 0.05) is 68.2 Å². The Kier molecular flexibility index (Phi) is 8.55. The number of H-pyrrole nitrogens is 1. The third-order valence-corrected chi connectivity index (χ3v) is 8.36. The molecule has 0 atom stereocenters. The Morgan fingerprint density at radius 2 is 1.81 bits per heavy atom. The molecule has 1 saturated heterocycles. The molecular formula is C26H35ClN6O3S. The number of benzene rings is 1. The first-order valence-corrected chi connectivity index (χ1v) is 14.3. The molecule has 2 aromatic heterocycles. The number of methoxy groups -OCH3 is 1. The smallest absolute Gasteiger partial charge is 0.212 e. The Labute approximate surface area is 224 Å². The Hall–Kier alpha value is -2.50. The lowest BCUT2D eigenvalue weighted by molar-refractivity contribution is 0.161. The average Bonchev–Trinajstić information content (AvgIpc) is 3.35. The van der Waals surface area contributed by atoms with Crippen LogP contribution in [0.3, 0.4) is 0 Å². The van der Waals surface area contributed by atoms with Crippen molar-refractivity contribution in [1.82, 2.24) is 29.5 Å². The molecule has 11 heteroatoms. The fraction of sp³-hybridized carbons (Fsp3) is 0.462. The van der Waals surface area contributed by atoms with Gasteiger partial charge in [-0.05, 0) is 31.3 Å². The predicted octanol–water partition coefficient (Wildman–Crippen LogP) is 3.25. The number of aromatic amines is 1. The Morgan fingerprint density at radius 1 is 1.11 bits per heavy atom. The molecule has 2 N–H and O–H groups in total. The van der Waals surface area contributed by atoms with Gasteiger partial charge in [0.2, 0.25) is 10.0 Å². The van der Waals surface area contributed by atoms with E-state index in [4.69, 9.17) is 21.3 Å². The minimum absolute atomic E-state index is 0.0725. The van der Waals surface area contributed by atoms with Crippen molar-refractivity contribution in [2.75, 3.05) is 59.2 Å². The number of halogens is 1. The van der Waals surface area contributed by atoms with E-state index in [2.05, 4.69) is 31.5 Å². The molecule has 0 bridgehead atoms. The van der Waals surface area contributed by atoms with Crippen LogP contribution in [0.1, 0.15) is 19.7 Å². The Balaban J connectivity index is 1.54. The number of sulfonamides is 1. The van der Waals surface area contributed by atoms with Crippen LogP contribution >= 0.6 is 11.6 Å². The van der Waals surface area contributed by atoms with E-state index in [0.717, 1.165) is 48.7 Å². The highest BCUT2D eigenvalue weighted by molar-refractivity contribution is 7.89. The molecule has 1 aliphatic heterocycles. The standard InChI is InChI=1S/C26H35ClN6O3S/c1-26(2,18-29-37(34,35)16-15-33-13-11-32(3)12-14-33)25-30-23(19-7-9-28-10-8-19)24(31-25)20-5-6-21(27)22(17-20)36-4/h5-10,17,29H,11-16,18H2,1-4H3,(H,30,31). The number of nitrogens with zero attached hydrogens (tertiary/aromatic N) is 4. The normalized spacial score (nSPS) is 15.7. The molecule has 0 amide bonds. The largest absolute Gasteiger partial charge is 0.495 e. The van der Waals surface area contributed by atoms with Gasteiger partial charge in [0.25, 0.3) is 0 Å². The number of rotatable bonds is 10. The van der Waals surface area contributed by atoms with Gasteiger partial charge in [-0.15, -0.1) is 0 Å². The van der Waals surface area contributed by atoms with Gasteiger partial charge in [0.1, 0.15) is 11.6 Å². The lowest BCUT2D eigenvalue weighted by Gasteiger charge is -2.32. The van der Waals surface area contributed by atoms with Gasteiger partial charge < -0.3 is 14.6 Å². The lowest BCUT2D eigenvalue weighted by Crippen LogP contribution is -2.47. The number of aromatic nitrogens is 3. The molecule has 37 heavy (non-hydrogen) atoms. The summed E-state index contributed by atoms with van der Waals surface area (Å²) in [6.07, 6.45) is 3.45. The fourth-order valence-corrected chi connectivity index (χ4v) is 5.62. The molecule has 0 aliphatic carbocycles. The van der Waals surface area contributed by atoms with E-state index < -0.39 is 15.4 Å².